The largest absolute Gasteiger partial charge is 0.467 e. The molecule has 0 radical (unpaired) electrons. The molecule has 2 rings (SSSR count). The summed E-state index contributed by atoms with van der Waals surface area (Å²) in [6.45, 7) is 0. The number of hydrogen-bond donors (Lipinski definition) is 2. The number of carbonyl (C=O) groups is 2. The number of sulfone groups is 1. The van der Waals surface area contributed by atoms with Crippen LogP contribution in [0.3, 0.4) is 0 Å². The maximum atomic E-state index is 12.6. The minimum atomic E-state index is -3.28. The predicted molar refractivity (Wildman–Crippen MR) is 96.0 cm³/mol. The van der Waals surface area contributed by atoms with Gasteiger partial charge < -0.3 is 15.8 Å². The number of amides is 1. The van der Waals surface area contributed by atoms with E-state index in [1.807, 2.05) is 6.07 Å². The van der Waals surface area contributed by atoms with Gasteiger partial charge in [-0.1, -0.05) is 24.3 Å². The summed E-state index contributed by atoms with van der Waals surface area (Å²) in [5.41, 5.74) is 6.80. The molecule has 1 amide bonds. The van der Waals surface area contributed by atoms with Crippen molar-refractivity contribution in [1.29, 1.82) is 0 Å². The summed E-state index contributed by atoms with van der Waals surface area (Å²) in [6, 6.07) is 9.26. The summed E-state index contributed by atoms with van der Waals surface area (Å²) in [4.78, 5) is 24.5. The Hall–Kier alpha value is -2.61. The van der Waals surface area contributed by atoms with E-state index in [1.165, 1.54) is 7.11 Å². The highest BCUT2D eigenvalue weighted by Gasteiger charge is 2.24. The third-order valence-electron chi connectivity index (χ3n) is 3.77. The number of fused-ring (bicyclic) bond motifs is 1. The van der Waals surface area contributed by atoms with E-state index in [4.69, 9.17) is 5.73 Å². The first-order valence-electron chi connectivity index (χ1n) is 7.56. The highest BCUT2D eigenvalue weighted by molar-refractivity contribution is 7.90. The van der Waals surface area contributed by atoms with Crippen molar-refractivity contribution in [2.45, 2.75) is 12.5 Å². The molecule has 8 heteroatoms. The van der Waals surface area contributed by atoms with E-state index >= 15 is 0 Å². The van der Waals surface area contributed by atoms with Crippen LogP contribution in [0.15, 0.2) is 36.4 Å². The minimum absolute atomic E-state index is 0.0653. The Morgan fingerprint density at radius 1 is 1.16 bits per heavy atom. The van der Waals surface area contributed by atoms with Gasteiger partial charge in [0.2, 0.25) is 0 Å². The van der Waals surface area contributed by atoms with Crippen molar-refractivity contribution >= 4 is 38.2 Å². The Morgan fingerprint density at radius 3 is 2.40 bits per heavy atom. The number of carbonyl (C=O) groups excluding carboxylic acids is 2. The van der Waals surface area contributed by atoms with Gasteiger partial charge in [0, 0.05) is 22.9 Å². The van der Waals surface area contributed by atoms with Crippen molar-refractivity contribution in [3.05, 3.63) is 42.0 Å². The Labute approximate surface area is 146 Å². The monoisotopic (exact) mass is 364 g/mol. The maximum absolute atomic E-state index is 12.6. The molecule has 0 fully saturated rings. The molecule has 2 aromatic rings. The molecule has 0 aromatic heterocycles. The molecule has 0 bridgehead atoms. The molecule has 0 spiro atoms. The van der Waals surface area contributed by atoms with Gasteiger partial charge >= 0.3 is 5.97 Å². The van der Waals surface area contributed by atoms with Gasteiger partial charge in [-0.05, 0) is 23.9 Å². The predicted octanol–water partition coefficient (Wildman–Crippen LogP) is 1.13. The highest BCUT2D eigenvalue weighted by Crippen LogP contribution is 2.24. The number of nitrogens with two attached hydrogens (primary N) is 1. The number of ether oxygens (including phenoxy) is 1. The third kappa shape index (κ3) is 4.69. The lowest BCUT2D eigenvalue weighted by molar-refractivity contribution is -0.142. The number of nitrogen functional groups attached to an aromatic ring is 1. The van der Waals surface area contributed by atoms with Crippen molar-refractivity contribution in [1.82, 2.24) is 5.32 Å². The Balaban J connectivity index is 2.29. The molecular formula is C17H20N2O5S. The zero-order chi connectivity index (χ0) is 18.6. The van der Waals surface area contributed by atoms with E-state index in [2.05, 4.69) is 10.1 Å². The van der Waals surface area contributed by atoms with E-state index in [-0.39, 0.29) is 12.2 Å². The van der Waals surface area contributed by atoms with Crippen LogP contribution in [0.4, 0.5) is 5.69 Å². The maximum Gasteiger partial charge on any atom is 0.328 e. The first-order chi connectivity index (χ1) is 11.7. The summed E-state index contributed by atoms with van der Waals surface area (Å²) in [7, 11) is -2.10. The van der Waals surface area contributed by atoms with Crippen LogP contribution in [0.2, 0.25) is 0 Å². The molecule has 0 heterocycles. The molecule has 1 unspecified atom stereocenters. The summed E-state index contributed by atoms with van der Waals surface area (Å²) in [5, 5.41) is 3.92. The lowest BCUT2D eigenvalue weighted by Crippen LogP contribution is -2.42. The number of nitrogens with one attached hydrogen (secondary N) is 1. The molecule has 7 nitrogen and oxygen atoms in total. The van der Waals surface area contributed by atoms with E-state index in [9.17, 15) is 18.0 Å². The molecule has 0 aliphatic carbocycles. The van der Waals surface area contributed by atoms with Crippen molar-refractivity contribution in [3.8, 4) is 0 Å². The molecule has 0 saturated carbocycles. The fraction of sp³-hybridized carbons (Fsp3) is 0.294. The van der Waals surface area contributed by atoms with Crippen LogP contribution in [0, 0.1) is 0 Å². The number of methoxy groups -OCH3 is 1. The van der Waals surface area contributed by atoms with E-state index < -0.39 is 27.8 Å². The molecule has 134 valence electrons. The zero-order valence-electron chi connectivity index (χ0n) is 14.0. The smallest absolute Gasteiger partial charge is 0.328 e. The molecule has 0 saturated heterocycles. The van der Waals surface area contributed by atoms with Crippen LogP contribution in [0.1, 0.15) is 16.8 Å². The topological polar surface area (TPSA) is 116 Å². The summed E-state index contributed by atoms with van der Waals surface area (Å²) >= 11 is 0. The number of hydrogen-bond acceptors (Lipinski definition) is 6. The van der Waals surface area contributed by atoms with Gasteiger partial charge in [0.25, 0.3) is 5.91 Å². The number of benzene rings is 2. The zero-order valence-corrected chi connectivity index (χ0v) is 14.8. The summed E-state index contributed by atoms with van der Waals surface area (Å²) in [5.74, 6) is -1.44. The number of esters is 1. The lowest BCUT2D eigenvalue weighted by atomic mass is 10.0. The average Bonchev–Trinajstić information content (AvgIpc) is 2.57. The Morgan fingerprint density at radius 2 is 1.80 bits per heavy atom. The van der Waals surface area contributed by atoms with E-state index in [1.54, 1.807) is 30.3 Å². The molecule has 2 aromatic carbocycles. The van der Waals surface area contributed by atoms with Crippen LogP contribution < -0.4 is 11.1 Å². The molecule has 3 N–H and O–H groups in total. The van der Waals surface area contributed by atoms with Crippen LogP contribution >= 0.6 is 0 Å². The average molecular weight is 364 g/mol. The van der Waals surface area contributed by atoms with Gasteiger partial charge in [-0.25, -0.2) is 13.2 Å². The first-order valence-corrected chi connectivity index (χ1v) is 9.62. The highest BCUT2D eigenvalue weighted by atomic mass is 32.2. The minimum Gasteiger partial charge on any atom is -0.467 e. The standard InChI is InChI=1S/C17H20N2O5S/c1-24-17(21)15(9-10-25(2,22)23)19-16(20)13-7-8-14(18)12-6-4-3-5-11(12)13/h3-8,15H,9-10,18H2,1-2H3,(H,19,20). The quantitative estimate of drug-likeness (QED) is 0.586. The molecular weight excluding hydrogens is 344 g/mol. The van der Waals surface area contributed by atoms with Gasteiger partial charge in [-0.3, -0.25) is 4.79 Å². The van der Waals surface area contributed by atoms with Gasteiger partial charge in [0.1, 0.15) is 15.9 Å². The Bertz CT molecular complexity index is 908. The van der Waals surface area contributed by atoms with E-state index in [0.717, 1.165) is 11.6 Å². The molecule has 0 aliphatic heterocycles. The first kappa shape index (κ1) is 18.7. The second-order valence-corrected chi connectivity index (χ2v) is 7.98. The number of rotatable bonds is 6. The number of anilines is 1. The third-order valence-corrected chi connectivity index (χ3v) is 4.75. The fourth-order valence-corrected chi connectivity index (χ4v) is 3.14. The fourth-order valence-electron chi connectivity index (χ4n) is 2.48. The molecule has 1 atom stereocenters. The van der Waals surface area contributed by atoms with Gasteiger partial charge in [0.05, 0.1) is 12.9 Å². The second kappa shape index (κ2) is 7.52. The SMILES string of the molecule is COC(=O)C(CCS(C)(=O)=O)NC(=O)c1ccc(N)c2ccccc12. The van der Waals surface area contributed by atoms with Crippen LogP contribution in [-0.2, 0) is 19.4 Å². The summed E-state index contributed by atoms with van der Waals surface area (Å²) in [6.07, 6.45) is 1.00. The van der Waals surface area contributed by atoms with Crippen molar-refractivity contribution in [3.63, 3.8) is 0 Å². The molecule has 0 aliphatic rings. The van der Waals surface area contributed by atoms with Crippen molar-refractivity contribution in [2.75, 3.05) is 24.9 Å². The van der Waals surface area contributed by atoms with Crippen molar-refractivity contribution < 1.29 is 22.7 Å². The van der Waals surface area contributed by atoms with Crippen LogP contribution in [0.25, 0.3) is 10.8 Å². The summed E-state index contributed by atoms with van der Waals surface area (Å²) < 4.78 is 27.3. The molecule has 25 heavy (non-hydrogen) atoms. The normalized spacial score (nSPS) is 12.6. The van der Waals surface area contributed by atoms with E-state index in [0.29, 0.717) is 16.6 Å². The van der Waals surface area contributed by atoms with Gasteiger partial charge in [-0.2, -0.15) is 0 Å². The van der Waals surface area contributed by atoms with Gasteiger partial charge in [-0.15, -0.1) is 0 Å². The van der Waals surface area contributed by atoms with Crippen molar-refractivity contribution in [2.24, 2.45) is 0 Å². The van der Waals surface area contributed by atoms with Gasteiger partial charge in [0.15, 0.2) is 0 Å². The van der Waals surface area contributed by atoms with Crippen LogP contribution in [0.5, 0.6) is 0 Å². The lowest BCUT2D eigenvalue weighted by Gasteiger charge is -2.17. The second-order valence-electron chi connectivity index (χ2n) is 5.72. The van der Waals surface area contributed by atoms with Crippen LogP contribution in [-0.4, -0.2) is 45.5 Å². The Kier molecular flexibility index (Phi) is 5.63.